The number of ether oxygens (including phenoxy) is 1. The van der Waals surface area contributed by atoms with Crippen molar-refractivity contribution in [1.29, 1.82) is 0 Å². The smallest absolute Gasteiger partial charge is 0.322 e. The van der Waals surface area contributed by atoms with Crippen LogP contribution in [0.25, 0.3) is 10.9 Å². The number of fused-ring (bicyclic) bond motifs is 1. The number of hydrogen-bond acceptors (Lipinski definition) is 4. The normalized spacial score (nSPS) is 11.3. The fraction of sp³-hybridized carbons (Fsp3) is 0.412. The van der Waals surface area contributed by atoms with E-state index in [1.807, 2.05) is 12.3 Å². The van der Waals surface area contributed by atoms with E-state index in [1.165, 1.54) is 0 Å². The lowest BCUT2D eigenvalue weighted by Gasteiger charge is -2.20. The van der Waals surface area contributed by atoms with Crippen LogP contribution in [-0.2, 0) is 16.0 Å². The van der Waals surface area contributed by atoms with Gasteiger partial charge in [-0.1, -0.05) is 6.07 Å². The number of aliphatic carboxylic acids is 1. The van der Waals surface area contributed by atoms with Gasteiger partial charge >= 0.3 is 11.9 Å². The van der Waals surface area contributed by atoms with Crippen LogP contribution in [0, 0.1) is 0 Å². The predicted molar refractivity (Wildman–Crippen MR) is 87.7 cm³/mol. The van der Waals surface area contributed by atoms with Gasteiger partial charge in [0.25, 0.3) is 0 Å². The highest BCUT2D eigenvalue weighted by Crippen LogP contribution is 2.29. The number of H-pyrrole nitrogens is 1. The number of carboxylic acid groups (broad SMARTS) is 1. The first-order chi connectivity index (χ1) is 10.9. The molecule has 2 N–H and O–H groups in total. The lowest BCUT2D eigenvalue weighted by atomic mass is 10.1. The van der Waals surface area contributed by atoms with E-state index in [9.17, 15) is 9.59 Å². The number of nitrogens with one attached hydrogen (secondary N) is 1. The minimum atomic E-state index is -1.20. The van der Waals surface area contributed by atoms with Crippen molar-refractivity contribution in [2.45, 2.75) is 32.7 Å². The minimum Gasteiger partial charge on any atom is -0.481 e. The van der Waals surface area contributed by atoms with Crippen molar-refractivity contribution in [2.24, 2.45) is 0 Å². The Kier molecular flexibility index (Phi) is 5.39. The van der Waals surface area contributed by atoms with Gasteiger partial charge in [-0.3, -0.25) is 9.59 Å². The summed E-state index contributed by atoms with van der Waals surface area (Å²) in [7, 11) is 2.06. The number of rotatable bonds is 7. The molecule has 23 heavy (non-hydrogen) atoms. The second-order valence-electron chi connectivity index (χ2n) is 5.86. The second kappa shape index (κ2) is 7.28. The fourth-order valence-corrected chi connectivity index (χ4v) is 2.34. The van der Waals surface area contributed by atoms with Gasteiger partial charge in [0.2, 0.25) is 0 Å². The number of carbonyl (C=O) groups is 2. The van der Waals surface area contributed by atoms with Crippen LogP contribution in [0.4, 0.5) is 0 Å². The molecule has 6 heteroatoms. The number of benzene rings is 1. The van der Waals surface area contributed by atoms with Gasteiger partial charge in [0.05, 0.1) is 0 Å². The van der Waals surface area contributed by atoms with E-state index >= 15 is 0 Å². The lowest BCUT2D eigenvalue weighted by Crippen LogP contribution is -2.28. The molecule has 2 aromatic rings. The molecule has 0 saturated carbocycles. The summed E-state index contributed by atoms with van der Waals surface area (Å²) in [4.78, 5) is 27.6. The highest BCUT2D eigenvalue weighted by Gasteiger charge is 2.15. The average molecular weight is 318 g/mol. The van der Waals surface area contributed by atoms with Crippen molar-refractivity contribution >= 4 is 22.8 Å². The molecule has 0 amide bonds. The highest BCUT2D eigenvalue weighted by atomic mass is 16.5. The van der Waals surface area contributed by atoms with Crippen LogP contribution in [-0.4, -0.2) is 46.6 Å². The molecular formula is C17H22N2O4. The van der Waals surface area contributed by atoms with Crippen LogP contribution in [0.5, 0.6) is 5.75 Å². The van der Waals surface area contributed by atoms with E-state index in [1.54, 1.807) is 12.1 Å². The van der Waals surface area contributed by atoms with Gasteiger partial charge in [0, 0.05) is 29.7 Å². The van der Waals surface area contributed by atoms with Gasteiger partial charge in [-0.05, 0) is 45.0 Å². The summed E-state index contributed by atoms with van der Waals surface area (Å²) < 4.78 is 5.24. The third-order valence-corrected chi connectivity index (χ3v) is 3.88. The Balaban J connectivity index is 2.22. The SMILES string of the molecule is CC(C)N(C)CCc1c[nH]c2cccc(OC(=O)CC(=O)O)c12. The maximum atomic E-state index is 11.6. The van der Waals surface area contributed by atoms with Gasteiger partial charge in [-0.2, -0.15) is 0 Å². The maximum absolute atomic E-state index is 11.6. The van der Waals surface area contributed by atoms with E-state index in [2.05, 4.69) is 30.8 Å². The number of aromatic amines is 1. The Morgan fingerprint density at radius 3 is 2.74 bits per heavy atom. The summed E-state index contributed by atoms with van der Waals surface area (Å²) in [5, 5.41) is 9.51. The van der Waals surface area contributed by atoms with Crippen LogP contribution in [0.1, 0.15) is 25.8 Å². The molecule has 1 aromatic heterocycles. The van der Waals surface area contributed by atoms with E-state index in [0.717, 1.165) is 29.4 Å². The van der Waals surface area contributed by atoms with Crippen LogP contribution in [0.2, 0.25) is 0 Å². The van der Waals surface area contributed by atoms with Gasteiger partial charge in [-0.15, -0.1) is 0 Å². The molecule has 0 bridgehead atoms. The van der Waals surface area contributed by atoms with Crippen molar-refractivity contribution in [2.75, 3.05) is 13.6 Å². The van der Waals surface area contributed by atoms with Crippen LogP contribution in [0.15, 0.2) is 24.4 Å². The zero-order valence-corrected chi connectivity index (χ0v) is 13.6. The van der Waals surface area contributed by atoms with Crippen molar-refractivity contribution in [3.63, 3.8) is 0 Å². The average Bonchev–Trinajstić information content (AvgIpc) is 2.88. The standard InChI is InChI=1S/C17H22N2O4/c1-11(2)19(3)8-7-12-10-18-13-5-4-6-14(17(12)13)23-16(22)9-15(20)21/h4-6,10-11,18H,7-9H2,1-3H3,(H,20,21). The van der Waals surface area contributed by atoms with E-state index in [4.69, 9.17) is 9.84 Å². The van der Waals surface area contributed by atoms with E-state index in [-0.39, 0.29) is 0 Å². The molecule has 0 radical (unpaired) electrons. The molecule has 0 aliphatic carbocycles. The number of carboxylic acids is 1. The maximum Gasteiger partial charge on any atom is 0.322 e. The first-order valence-corrected chi connectivity index (χ1v) is 7.60. The molecule has 6 nitrogen and oxygen atoms in total. The third-order valence-electron chi connectivity index (χ3n) is 3.88. The Morgan fingerprint density at radius 1 is 1.35 bits per heavy atom. The Bertz CT molecular complexity index is 706. The molecule has 1 heterocycles. The van der Waals surface area contributed by atoms with Crippen LogP contribution in [0.3, 0.4) is 0 Å². The first-order valence-electron chi connectivity index (χ1n) is 7.60. The fourth-order valence-electron chi connectivity index (χ4n) is 2.34. The van der Waals surface area contributed by atoms with Gasteiger partial charge in [0.15, 0.2) is 0 Å². The van der Waals surface area contributed by atoms with E-state index in [0.29, 0.717) is 11.8 Å². The zero-order valence-electron chi connectivity index (χ0n) is 13.6. The molecule has 0 spiro atoms. The Morgan fingerprint density at radius 2 is 2.09 bits per heavy atom. The number of hydrogen-bond donors (Lipinski definition) is 2. The van der Waals surface area contributed by atoms with Crippen LogP contribution < -0.4 is 4.74 Å². The zero-order chi connectivity index (χ0) is 17.0. The minimum absolute atomic E-state index is 0.400. The van der Waals surface area contributed by atoms with Gasteiger partial charge < -0.3 is 19.7 Å². The summed E-state index contributed by atoms with van der Waals surface area (Å²) in [6, 6.07) is 5.81. The summed E-state index contributed by atoms with van der Waals surface area (Å²) >= 11 is 0. The Labute approximate surface area is 135 Å². The quantitative estimate of drug-likeness (QED) is 0.465. The highest BCUT2D eigenvalue weighted by molar-refractivity contribution is 5.95. The van der Waals surface area contributed by atoms with Crippen molar-refractivity contribution in [3.05, 3.63) is 30.0 Å². The number of carbonyl (C=O) groups excluding carboxylic acids is 1. The monoisotopic (exact) mass is 318 g/mol. The molecule has 1 aromatic carbocycles. The number of likely N-dealkylation sites (N-methyl/N-ethyl adjacent to an activating group) is 1. The summed E-state index contributed by atoms with van der Waals surface area (Å²) in [6.45, 7) is 5.14. The topological polar surface area (TPSA) is 82.6 Å². The molecule has 0 saturated heterocycles. The molecule has 0 fully saturated rings. The van der Waals surface area contributed by atoms with E-state index < -0.39 is 18.4 Å². The van der Waals surface area contributed by atoms with Crippen molar-refractivity contribution in [3.8, 4) is 5.75 Å². The molecule has 2 rings (SSSR count). The van der Waals surface area contributed by atoms with Gasteiger partial charge in [0.1, 0.15) is 12.2 Å². The lowest BCUT2D eigenvalue weighted by molar-refractivity contribution is -0.145. The first kappa shape index (κ1) is 17.0. The number of nitrogens with zero attached hydrogens (tertiary/aromatic N) is 1. The summed E-state index contributed by atoms with van der Waals surface area (Å²) in [5.74, 6) is -1.57. The van der Waals surface area contributed by atoms with Crippen molar-refractivity contribution < 1.29 is 19.4 Å². The molecule has 0 atom stereocenters. The third kappa shape index (κ3) is 4.32. The summed E-state index contributed by atoms with van der Waals surface area (Å²) in [5.41, 5.74) is 1.92. The molecular weight excluding hydrogens is 296 g/mol. The largest absolute Gasteiger partial charge is 0.481 e. The summed E-state index contributed by atoms with van der Waals surface area (Å²) in [6.07, 6.45) is 2.07. The molecule has 0 aliphatic heterocycles. The van der Waals surface area contributed by atoms with Crippen LogP contribution >= 0.6 is 0 Å². The predicted octanol–water partition coefficient (Wildman–Crippen LogP) is 2.43. The number of aromatic nitrogens is 1. The van der Waals surface area contributed by atoms with Crippen molar-refractivity contribution in [1.82, 2.24) is 9.88 Å². The molecule has 0 unspecified atom stereocenters. The number of esters is 1. The molecule has 124 valence electrons. The molecule has 0 aliphatic rings. The second-order valence-corrected chi connectivity index (χ2v) is 5.86. The Hall–Kier alpha value is -2.34. The van der Waals surface area contributed by atoms with Gasteiger partial charge in [-0.25, -0.2) is 0 Å².